The van der Waals surface area contributed by atoms with E-state index in [1.807, 2.05) is 0 Å². The highest BCUT2D eigenvalue weighted by Gasteiger charge is 2.50. The molecule has 2 aliphatic heterocycles. The number of fused-ring (bicyclic) bond motifs is 3. The summed E-state index contributed by atoms with van der Waals surface area (Å²) in [6.45, 7) is 6.73. The highest BCUT2D eigenvalue weighted by molar-refractivity contribution is 9.10. The van der Waals surface area contributed by atoms with Gasteiger partial charge in [-0.05, 0) is 84.1 Å². The number of esters is 1. The first-order valence-electron chi connectivity index (χ1n) is 15.8. The molecule has 0 radical (unpaired) electrons. The third-order valence-corrected chi connectivity index (χ3v) is 10.2. The van der Waals surface area contributed by atoms with E-state index in [1.165, 1.54) is 17.0 Å². The zero-order valence-electron chi connectivity index (χ0n) is 26.8. The van der Waals surface area contributed by atoms with E-state index in [0.717, 1.165) is 24.8 Å². The molecule has 2 fully saturated rings. The molecule has 14 heteroatoms. The fourth-order valence-corrected chi connectivity index (χ4v) is 7.45. The van der Waals surface area contributed by atoms with Crippen molar-refractivity contribution in [3.05, 3.63) is 40.4 Å². The lowest BCUT2D eigenvalue weighted by Crippen LogP contribution is -2.59. The summed E-state index contributed by atoms with van der Waals surface area (Å²) in [7, 11) is -4.25. The smallest absolute Gasteiger partial charge is 0.408 e. The number of ether oxygens (including phenoxy) is 2. The monoisotopic (exact) mass is 725 g/mol. The fraction of sp³-hybridized carbons (Fsp3) is 0.625. The van der Waals surface area contributed by atoms with Gasteiger partial charge >= 0.3 is 12.1 Å². The maximum Gasteiger partial charge on any atom is 0.408 e. The minimum atomic E-state index is -4.25. The van der Waals surface area contributed by atoms with Crippen LogP contribution >= 0.6 is 15.9 Å². The van der Waals surface area contributed by atoms with E-state index in [0.29, 0.717) is 30.2 Å². The van der Waals surface area contributed by atoms with Gasteiger partial charge in [0.05, 0.1) is 17.6 Å². The Kier molecular flexibility index (Phi) is 11.6. The molecule has 4 rings (SSSR count). The number of halogens is 1. The van der Waals surface area contributed by atoms with Gasteiger partial charge in [-0.3, -0.25) is 13.8 Å². The number of amides is 3. The van der Waals surface area contributed by atoms with Gasteiger partial charge in [-0.25, -0.2) is 9.59 Å². The summed E-state index contributed by atoms with van der Waals surface area (Å²) < 4.78 is 43.5. The summed E-state index contributed by atoms with van der Waals surface area (Å²) >= 11 is 3.28. The number of carbonyl (C=O) groups is 4. The Morgan fingerprint density at radius 3 is 2.52 bits per heavy atom. The molecule has 0 unspecified atom stereocenters. The van der Waals surface area contributed by atoms with Crippen LogP contribution in [0.1, 0.15) is 85.5 Å². The summed E-state index contributed by atoms with van der Waals surface area (Å²) in [5.41, 5.74) is -1.07. The summed E-state index contributed by atoms with van der Waals surface area (Å²) in [5, 5.41) is 5.58. The van der Waals surface area contributed by atoms with Crippen LogP contribution in [0, 0.1) is 0 Å². The molecular formula is C32H44BrN3O9S. The van der Waals surface area contributed by atoms with Crippen molar-refractivity contribution < 1.29 is 41.3 Å². The van der Waals surface area contributed by atoms with E-state index < -0.39 is 63.3 Å². The first kappa shape index (κ1) is 35.9. The van der Waals surface area contributed by atoms with Crippen LogP contribution in [0.2, 0.25) is 0 Å². The Bertz CT molecular complexity index is 1440. The lowest BCUT2D eigenvalue weighted by molar-refractivity contribution is -0.154. The minimum absolute atomic E-state index is 0.0769. The number of rotatable bonds is 6. The summed E-state index contributed by atoms with van der Waals surface area (Å²) in [6, 6.07) is 3.70. The van der Waals surface area contributed by atoms with E-state index in [9.17, 15) is 27.6 Å². The standard InChI is InChI=1S/C32H44BrN3O9S/c1-5-43-29(39)32-17-16-21(19-32)10-8-6-7-9-11-25(34-30(40)44-31(2,3)4)28(38)36-20-23(18-26(36)27(37)35-32)45-46(41,42)24-14-12-22(33)13-15-24/h10,12-15,23,25-26H,5-9,11,16-20H2,1-4H3,(H,34,40)(H,35,37)/b21-10-/t23-,25-,26-,32+/m0/s1. The first-order chi connectivity index (χ1) is 21.6. The molecule has 2 N–H and O–H groups in total. The van der Waals surface area contributed by atoms with Crippen LogP contribution in [-0.4, -0.2) is 79.7 Å². The van der Waals surface area contributed by atoms with Gasteiger partial charge in [0.25, 0.3) is 10.1 Å². The van der Waals surface area contributed by atoms with Crippen molar-refractivity contribution in [3.63, 3.8) is 0 Å². The third-order valence-electron chi connectivity index (χ3n) is 8.26. The van der Waals surface area contributed by atoms with Crippen LogP contribution in [-0.2, 0) is 38.2 Å². The summed E-state index contributed by atoms with van der Waals surface area (Å²) in [6.07, 6.45) is 4.66. The number of nitrogens with zero attached hydrogens (tertiary/aromatic N) is 1. The van der Waals surface area contributed by atoms with Gasteiger partial charge in [0.1, 0.15) is 23.2 Å². The Morgan fingerprint density at radius 2 is 1.85 bits per heavy atom. The minimum Gasteiger partial charge on any atom is -0.464 e. The summed E-state index contributed by atoms with van der Waals surface area (Å²) in [5.74, 6) is -1.74. The number of carbonyl (C=O) groups excluding carboxylic acids is 4. The van der Waals surface area contributed by atoms with Crippen molar-refractivity contribution in [1.82, 2.24) is 15.5 Å². The van der Waals surface area contributed by atoms with Crippen LogP contribution < -0.4 is 10.6 Å². The van der Waals surface area contributed by atoms with Crippen LogP contribution in [0.3, 0.4) is 0 Å². The second-order valence-electron chi connectivity index (χ2n) is 13.0. The molecule has 4 atom stereocenters. The molecule has 1 aromatic carbocycles. The average Bonchev–Trinajstić information content (AvgIpc) is 3.57. The van der Waals surface area contributed by atoms with Crippen LogP contribution in [0.15, 0.2) is 45.3 Å². The maximum absolute atomic E-state index is 14.2. The number of benzene rings is 1. The van der Waals surface area contributed by atoms with Crippen LogP contribution in [0.5, 0.6) is 0 Å². The molecule has 3 aliphatic rings. The lowest BCUT2D eigenvalue weighted by Gasteiger charge is -2.33. The highest BCUT2D eigenvalue weighted by Crippen LogP contribution is 2.37. The third kappa shape index (κ3) is 9.09. The topological polar surface area (TPSA) is 157 Å². The molecule has 1 aromatic rings. The molecule has 2 bridgehead atoms. The van der Waals surface area contributed by atoms with Crippen molar-refractivity contribution in [2.75, 3.05) is 13.2 Å². The molecule has 2 heterocycles. The molecule has 1 saturated heterocycles. The molecule has 12 nitrogen and oxygen atoms in total. The molecule has 0 aromatic heterocycles. The van der Waals surface area contributed by atoms with Crippen molar-refractivity contribution in [3.8, 4) is 0 Å². The molecule has 0 spiro atoms. The number of hydrogen-bond acceptors (Lipinski definition) is 9. The van der Waals surface area contributed by atoms with Crippen molar-refractivity contribution in [1.29, 1.82) is 0 Å². The quantitative estimate of drug-likeness (QED) is 0.245. The van der Waals surface area contributed by atoms with E-state index in [-0.39, 0.29) is 30.9 Å². The lowest BCUT2D eigenvalue weighted by atomic mass is 9.95. The van der Waals surface area contributed by atoms with Crippen molar-refractivity contribution in [2.24, 2.45) is 0 Å². The van der Waals surface area contributed by atoms with Gasteiger partial charge in [0.2, 0.25) is 11.8 Å². The highest BCUT2D eigenvalue weighted by atomic mass is 79.9. The normalized spacial score (nSPS) is 27.4. The molecule has 3 amide bonds. The van der Waals surface area contributed by atoms with Gasteiger partial charge in [0, 0.05) is 23.9 Å². The Morgan fingerprint density at radius 1 is 1.13 bits per heavy atom. The molecule has 254 valence electrons. The van der Waals surface area contributed by atoms with Gasteiger partial charge in [-0.15, -0.1) is 0 Å². The number of nitrogens with one attached hydrogen (secondary N) is 2. The SMILES string of the molecule is CCOC(=O)[C@]12CC/C(=C/CCCCC[C@H](NC(=O)OC(C)(C)C)C(=O)N3C[C@@H](OS(=O)(=O)c4ccc(Br)cc4)C[C@H]3C(=O)N1)C2. The van der Waals surface area contributed by atoms with E-state index in [4.69, 9.17) is 13.7 Å². The molecule has 46 heavy (non-hydrogen) atoms. The van der Waals surface area contributed by atoms with Gasteiger partial charge < -0.3 is 25.0 Å². The van der Waals surface area contributed by atoms with Gasteiger partial charge in [-0.1, -0.05) is 40.4 Å². The number of alkyl carbamates (subject to hydrolysis) is 1. The van der Waals surface area contributed by atoms with Crippen LogP contribution in [0.25, 0.3) is 0 Å². The molecule has 1 aliphatic carbocycles. The van der Waals surface area contributed by atoms with Crippen molar-refractivity contribution >= 4 is 49.9 Å². The second kappa shape index (κ2) is 14.8. The zero-order chi connectivity index (χ0) is 33.7. The number of hydrogen-bond donors (Lipinski definition) is 2. The average molecular weight is 727 g/mol. The van der Waals surface area contributed by atoms with Crippen molar-refractivity contribution in [2.45, 2.75) is 120 Å². The van der Waals surface area contributed by atoms with E-state index in [1.54, 1.807) is 39.8 Å². The molecular weight excluding hydrogens is 682 g/mol. The number of allylic oxidation sites excluding steroid dienone is 1. The van der Waals surface area contributed by atoms with E-state index in [2.05, 4.69) is 32.6 Å². The predicted octanol–water partition coefficient (Wildman–Crippen LogP) is 4.51. The first-order valence-corrected chi connectivity index (χ1v) is 18.0. The Hall–Kier alpha value is -2.97. The second-order valence-corrected chi connectivity index (χ2v) is 15.5. The van der Waals surface area contributed by atoms with Gasteiger partial charge in [-0.2, -0.15) is 8.42 Å². The predicted molar refractivity (Wildman–Crippen MR) is 172 cm³/mol. The Balaban J connectivity index is 1.67. The zero-order valence-corrected chi connectivity index (χ0v) is 29.2. The maximum atomic E-state index is 14.2. The fourth-order valence-electron chi connectivity index (χ4n) is 6.11. The largest absolute Gasteiger partial charge is 0.464 e. The van der Waals surface area contributed by atoms with Gasteiger partial charge in [0.15, 0.2) is 0 Å². The van der Waals surface area contributed by atoms with E-state index >= 15 is 0 Å². The van der Waals surface area contributed by atoms with Crippen LogP contribution in [0.4, 0.5) is 4.79 Å². The molecule has 1 saturated carbocycles. The Labute approximate surface area is 279 Å². The summed E-state index contributed by atoms with van der Waals surface area (Å²) in [4.78, 5) is 55.5.